The minimum absolute atomic E-state index is 0.380. The Balaban J connectivity index is 2.81. The van der Waals surface area contributed by atoms with Crippen LogP contribution in [-0.4, -0.2) is 6.26 Å². The molecule has 80 valence electrons. The van der Waals surface area contributed by atoms with Gasteiger partial charge in [-0.15, -0.1) is 11.8 Å². The zero-order valence-corrected chi connectivity index (χ0v) is 10.4. The van der Waals surface area contributed by atoms with Crippen molar-refractivity contribution in [2.45, 2.75) is 33.6 Å². The van der Waals surface area contributed by atoms with Crippen LogP contribution < -0.4 is 5.73 Å². The summed E-state index contributed by atoms with van der Waals surface area (Å²) in [6.07, 6.45) is 8.77. The lowest BCUT2D eigenvalue weighted by Crippen LogP contribution is -2.01. The summed E-state index contributed by atoms with van der Waals surface area (Å²) in [5, 5.41) is 0. The molecule has 1 saturated carbocycles. The van der Waals surface area contributed by atoms with Gasteiger partial charge in [-0.2, -0.15) is 0 Å². The Labute approximate surface area is 91.8 Å². The van der Waals surface area contributed by atoms with Crippen molar-refractivity contribution in [3.05, 3.63) is 22.8 Å². The maximum atomic E-state index is 5.69. The summed E-state index contributed by atoms with van der Waals surface area (Å²) in [5.41, 5.74) is 7.38. The Morgan fingerprint density at radius 2 is 2.00 bits per heavy atom. The van der Waals surface area contributed by atoms with Gasteiger partial charge in [0, 0.05) is 0 Å². The van der Waals surface area contributed by atoms with E-state index in [1.165, 1.54) is 23.3 Å². The number of allylic oxidation sites excluding steroid dienone is 3. The monoisotopic (exact) mass is 211 g/mol. The molecule has 14 heavy (non-hydrogen) atoms. The molecule has 0 amide bonds. The van der Waals surface area contributed by atoms with E-state index in [0.29, 0.717) is 11.3 Å². The van der Waals surface area contributed by atoms with Crippen molar-refractivity contribution in [3.63, 3.8) is 0 Å². The maximum absolute atomic E-state index is 5.69. The SMILES string of the molecule is CS/C(=C/C(=C\N)C1(C)CC1)C(C)C. The number of rotatable bonds is 4. The van der Waals surface area contributed by atoms with Gasteiger partial charge < -0.3 is 5.73 Å². The first-order valence-electron chi connectivity index (χ1n) is 5.21. The molecule has 0 unspecified atom stereocenters. The van der Waals surface area contributed by atoms with E-state index in [1.807, 2.05) is 11.8 Å². The predicted octanol–water partition coefficient (Wildman–Crippen LogP) is 3.53. The predicted molar refractivity (Wildman–Crippen MR) is 66.0 cm³/mol. The maximum Gasteiger partial charge on any atom is -0.00238 e. The Morgan fingerprint density at radius 3 is 2.29 bits per heavy atom. The van der Waals surface area contributed by atoms with Gasteiger partial charge in [0.1, 0.15) is 0 Å². The van der Waals surface area contributed by atoms with Crippen molar-refractivity contribution in [2.24, 2.45) is 17.1 Å². The number of hydrogen-bond acceptors (Lipinski definition) is 2. The highest BCUT2D eigenvalue weighted by Gasteiger charge is 2.40. The molecule has 0 saturated heterocycles. The van der Waals surface area contributed by atoms with Crippen molar-refractivity contribution in [3.8, 4) is 0 Å². The fourth-order valence-electron chi connectivity index (χ4n) is 1.51. The van der Waals surface area contributed by atoms with Crippen LogP contribution in [0.4, 0.5) is 0 Å². The number of nitrogens with two attached hydrogens (primary N) is 1. The first-order chi connectivity index (χ1) is 6.53. The summed E-state index contributed by atoms with van der Waals surface area (Å²) >= 11 is 1.83. The second-order valence-corrected chi connectivity index (χ2v) is 5.47. The van der Waals surface area contributed by atoms with Gasteiger partial charge in [-0.25, -0.2) is 0 Å². The van der Waals surface area contributed by atoms with Crippen LogP contribution in [0.3, 0.4) is 0 Å². The molecular formula is C12H21NS. The van der Waals surface area contributed by atoms with Crippen LogP contribution in [-0.2, 0) is 0 Å². The van der Waals surface area contributed by atoms with E-state index in [-0.39, 0.29) is 0 Å². The van der Waals surface area contributed by atoms with Crippen LogP contribution in [0, 0.1) is 11.3 Å². The molecule has 0 bridgehead atoms. The molecule has 1 rings (SSSR count). The average Bonchev–Trinajstić information content (AvgIpc) is 2.85. The topological polar surface area (TPSA) is 26.0 Å². The normalized spacial score (nSPS) is 21.5. The highest BCUT2D eigenvalue weighted by Crippen LogP contribution is 2.52. The second kappa shape index (κ2) is 4.43. The smallest absolute Gasteiger partial charge is 0.00238 e. The lowest BCUT2D eigenvalue weighted by atomic mass is 9.97. The van der Waals surface area contributed by atoms with Gasteiger partial charge >= 0.3 is 0 Å². The quantitative estimate of drug-likeness (QED) is 0.720. The molecule has 1 aliphatic rings. The molecule has 2 heteroatoms. The van der Waals surface area contributed by atoms with Crippen molar-refractivity contribution in [2.75, 3.05) is 6.26 Å². The largest absolute Gasteiger partial charge is 0.404 e. The summed E-state index contributed by atoms with van der Waals surface area (Å²) in [4.78, 5) is 1.43. The summed E-state index contributed by atoms with van der Waals surface area (Å²) in [7, 11) is 0. The Morgan fingerprint density at radius 1 is 1.43 bits per heavy atom. The second-order valence-electron chi connectivity index (χ2n) is 4.59. The van der Waals surface area contributed by atoms with Crippen molar-refractivity contribution >= 4 is 11.8 Å². The third-order valence-corrected chi connectivity index (χ3v) is 4.04. The molecule has 0 aromatic heterocycles. The van der Waals surface area contributed by atoms with E-state index in [9.17, 15) is 0 Å². The zero-order valence-electron chi connectivity index (χ0n) is 9.63. The first kappa shape index (κ1) is 11.7. The van der Waals surface area contributed by atoms with E-state index < -0.39 is 0 Å². The van der Waals surface area contributed by atoms with Gasteiger partial charge in [0.15, 0.2) is 0 Å². The summed E-state index contributed by atoms with van der Waals surface area (Å²) in [5.74, 6) is 0.599. The average molecular weight is 211 g/mol. The highest BCUT2D eigenvalue weighted by atomic mass is 32.2. The molecule has 0 aromatic carbocycles. The summed E-state index contributed by atoms with van der Waals surface area (Å²) in [6, 6.07) is 0. The van der Waals surface area contributed by atoms with Crippen molar-refractivity contribution in [1.82, 2.24) is 0 Å². The van der Waals surface area contributed by atoms with Crippen LogP contribution in [0.15, 0.2) is 22.8 Å². The van der Waals surface area contributed by atoms with E-state index in [1.54, 1.807) is 6.20 Å². The number of hydrogen-bond donors (Lipinski definition) is 1. The molecule has 0 aliphatic heterocycles. The molecule has 1 nitrogen and oxygen atoms in total. The van der Waals surface area contributed by atoms with Gasteiger partial charge in [-0.3, -0.25) is 0 Å². The molecule has 0 heterocycles. The van der Waals surface area contributed by atoms with E-state index in [2.05, 4.69) is 33.1 Å². The molecule has 0 spiro atoms. The number of thioether (sulfide) groups is 1. The molecule has 1 fully saturated rings. The van der Waals surface area contributed by atoms with E-state index in [0.717, 1.165) is 0 Å². The Kier molecular flexibility index (Phi) is 3.71. The van der Waals surface area contributed by atoms with Gasteiger partial charge in [-0.05, 0) is 53.2 Å². The van der Waals surface area contributed by atoms with E-state index >= 15 is 0 Å². The molecule has 1 aliphatic carbocycles. The lowest BCUT2D eigenvalue weighted by Gasteiger charge is -2.13. The van der Waals surface area contributed by atoms with Crippen molar-refractivity contribution in [1.29, 1.82) is 0 Å². The zero-order chi connectivity index (χ0) is 10.8. The van der Waals surface area contributed by atoms with Gasteiger partial charge in [0.05, 0.1) is 0 Å². The van der Waals surface area contributed by atoms with Gasteiger partial charge in [0.25, 0.3) is 0 Å². The van der Waals surface area contributed by atoms with Crippen LogP contribution in [0.25, 0.3) is 0 Å². The Hall–Kier alpha value is -0.370. The molecule has 0 atom stereocenters. The van der Waals surface area contributed by atoms with Crippen LogP contribution in [0.2, 0.25) is 0 Å². The standard InChI is InChI=1S/C12H21NS/c1-9(2)11(14-4)7-10(8-13)12(3)5-6-12/h7-9H,5-6,13H2,1-4H3/b10-8+,11-7+. The minimum atomic E-state index is 0.380. The van der Waals surface area contributed by atoms with E-state index in [4.69, 9.17) is 5.73 Å². The summed E-state index contributed by atoms with van der Waals surface area (Å²) in [6.45, 7) is 6.75. The van der Waals surface area contributed by atoms with Crippen LogP contribution >= 0.6 is 11.8 Å². The highest BCUT2D eigenvalue weighted by molar-refractivity contribution is 8.02. The third kappa shape index (κ3) is 2.57. The first-order valence-corrected chi connectivity index (χ1v) is 6.44. The Bertz CT molecular complexity index is 259. The van der Waals surface area contributed by atoms with Crippen molar-refractivity contribution < 1.29 is 0 Å². The molecule has 2 N–H and O–H groups in total. The minimum Gasteiger partial charge on any atom is -0.404 e. The summed E-state index contributed by atoms with van der Waals surface area (Å²) < 4.78 is 0. The molecule has 0 aromatic rings. The molecule has 0 radical (unpaired) electrons. The van der Waals surface area contributed by atoms with Gasteiger partial charge in [0.2, 0.25) is 0 Å². The lowest BCUT2D eigenvalue weighted by molar-refractivity contribution is 0.702. The van der Waals surface area contributed by atoms with Crippen LogP contribution in [0.1, 0.15) is 33.6 Å². The fraction of sp³-hybridized carbons (Fsp3) is 0.667. The molecular weight excluding hydrogens is 190 g/mol. The van der Waals surface area contributed by atoms with Crippen LogP contribution in [0.5, 0.6) is 0 Å². The third-order valence-electron chi connectivity index (χ3n) is 2.98. The fourth-order valence-corrected chi connectivity index (χ4v) is 2.23. The van der Waals surface area contributed by atoms with Gasteiger partial charge in [-0.1, -0.05) is 20.8 Å².